The summed E-state index contributed by atoms with van der Waals surface area (Å²) in [5.41, 5.74) is -5.19. The number of rotatable bonds is 12. The van der Waals surface area contributed by atoms with Crippen LogP contribution in [0.1, 0.15) is 66.8 Å². The molecule has 0 aliphatic carbocycles. The number of aromatic nitrogens is 2. The fourth-order valence-corrected chi connectivity index (χ4v) is 5.57. The molecule has 7 N–H and O–H groups in total. The van der Waals surface area contributed by atoms with Crippen LogP contribution in [0.25, 0.3) is 0 Å². The van der Waals surface area contributed by atoms with Crippen LogP contribution in [0.2, 0.25) is 0 Å². The molecule has 2 aromatic rings. The number of aromatic amines is 1. The van der Waals surface area contributed by atoms with E-state index in [1.165, 1.54) is 19.2 Å². The number of oxime groups is 1. The van der Waals surface area contributed by atoms with Crippen LogP contribution in [0.5, 0.6) is 5.75 Å². The number of esters is 1. The molecule has 2 atom stereocenters. The Labute approximate surface area is 301 Å². The molecule has 3 rings (SSSR count). The van der Waals surface area contributed by atoms with Crippen LogP contribution >= 0.6 is 11.3 Å². The molecule has 3 heterocycles. The number of anilines is 1. The number of hydrogen-bond donors (Lipinski definition) is 6. The standard InChI is InChI=1S/C29H39N9O12S2/c1-27(2,3)48-24(43)29(7,8)50-37-20(16-13-51-25(33-16)35-26(44)49-28(4,5)6)22(41)34-21-17(38(23(21)42)52(45,46)47)11-31-10-15(36-30)14-9-18(39)19(40)12-32-14/h9-10,12-13,17,21,40H,11,30H2,1-8H3,(H,32,39)(H,34,41)(H,33,35,44)(H,45,46,47)/b31-10?,36-15?,37-20-/t17-,21+/m1/s1. The average Bonchev–Trinajstić information content (AvgIpc) is 3.44. The van der Waals surface area contributed by atoms with E-state index >= 15 is 0 Å². The van der Waals surface area contributed by atoms with Gasteiger partial charge in [0.2, 0.25) is 11.0 Å². The highest BCUT2D eigenvalue weighted by molar-refractivity contribution is 7.84. The lowest BCUT2D eigenvalue weighted by Crippen LogP contribution is -2.73. The van der Waals surface area contributed by atoms with Gasteiger partial charge in [0.25, 0.3) is 11.8 Å². The van der Waals surface area contributed by atoms with E-state index in [0.29, 0.717) is 0 Å². The van der Waals surface area contributed by atoms with Crippen LogP contribution in [-0.4, -0.2) is 109 Å². The van der Waals surface area contributed by atoms with Crippen molar-refractivity contribution >= 4 is 68.3 Å². The summed E-state index contributed by atoms with van der Waals surface area (Å²) in [6, 6.07) is -2.16. The summed E-state index contributed by atoms with van der Waals surface area (Å²) in [5.74, 6) is 1.56. The summed E-state index contributed by atoms with van der Waals surface area (Å²) < 4.78 is 44.5. The molecular formula is C29H39N9O12S2. The van der Waals surface area contributed by atoms with Gasteiger partial charge in [-0.25, -0.2) is 18.9 Å². The lowest BCUT2D eigenvalue weighted by molar-refractivity contribution is -0.179. The van der Waals surface area contributed by atoms with E-state index in [-0.39, 0.29) is 26.5 Å². The van der Waals surface area contributed by atoms with E-state index < -0.39 is 86.5 Å². The molecule has 52 heavy (non-hydrogen) atoms. The minimum atomic E-state index is -5.14. The zero-order chi connectivity index (χ0) is 39.4. The van der Waals surface area contributed by atoms with Gasteiger partial charge in [0.05, 0.1) is 24.5 Å². The molecule has 1 aliphatic rings. The van der Waals surface area contributed by atoms with Gasteiger partial charge in [-0.05, 0) is 55.4 Å². The number of β-lactam (4-membered cyclic amide) rings is 1. The van der Waals surface area contributed by atoms with Crippen molar-refractivity contribution in [1.29, 1.82) is 0 Å². The number of thiazole rings is 1. The molecule has 284 valence electrons. The molecule has 1 fully saturated rings. The lowest BCUT2D eigenvalue weighted by atomic mass is 9.98. The number of nitrogens with one attached hydrogen (secondary N) is 3. The highest BCUT2D eigenvalue weighted by atomic mass is 32.2. The first-order chi connectivity index (χ1) is 23.8. The highest BCUT2D eigenvalue weighted by Gasteiger charge is 2.54. The second-order valence-corrected chi connectivity index (χ2v) is 15.6. The van der Waals surface area contributed by atoms with Crippen molar-refractivity contribution in [2.75, 3.05) is 11.9 Å². The van der Waals surface area contributed by atoms with E-state index in [1.54, 1.807) is 41.5 Å². The van der Waals surface area contributed by atoms with Gasteiger partial charge in [-0.3, -0.25) is 29.2 Å². The minimum Gasteiger partial charge on any atom is -0.503 e. The van der Waals surface area contributed by atoms with Gasteiger partial charge >= 0.3 is 22.4 Å². The third-order valence-electron chi connectivity index (χ3n) is 6.34. The fraction of sp³-hybridized carbons (Fsp3) is 0.483. The summed E-state index contributed by atoms with van der Waals surface area (Å²) in [4.78, 5) is 79.8. The van der Waals surface area contributed by atoms with E-state index in [1.807, 2.05) is 0 Å². The van der Waals surface area contributed by atoms with Crippen LogP contribution in [0.4, 0.5) is 9.93 Å². The number of pyridine rings is 1. The van der Waals surface area contributed by atoms with Gasteiger partial charge in [0, 0.05) is 17.6 Å². The van der Waals surface area contributed by atoms with Crippen molar-refractivity contribution in [1.82, 2.24) is 19.6 Å². The maximum absolute atomic E-state index is 13.7. The number of hydrazone groups is 1. The largest absolute Gasteiger partial charge is 0.503 e. The number of ether oxygens (including phenoxy) is 2. The Bertz CT molecular complexity index is 1970. The van der Waals surface area contributed by atoms with Gasteiger partial charge in [-0.2, -0.15) is 13.5 Å². The number of nitrogens with zero attached hydrogens (tertiary/aromatic N) is 5. The van der Waals surface area contributed by atoms with Crippen molar-refractivity contribution in [3.05, 3.63) is 39.3 Å². The predicted octanol–water partition coefficient (Wildman–Crippen LogP) is 0.657. The van der Waals surface area contributed by atoms with Gasteiger partial charge in [0.15, 0.2) is 16.6 Å². The summed E-state index contributed by atoms with van der Waals surface area (Å²) in [5, 5.41) is 22.8. The Balaban J connectivity index is 1.94. The third kappa shape index (κ3) is 10.8. The Morgan fingerprint density at radius 3 is 2.31 bits per heavy atom. The molecule has 0 saturated carbocycles. The second kappa shape index (κ2) is 15.4. The highest BCUT2D eigenvalue weighted by Crippen LogP contribution is 2.25. The molecule has 21 nitrogen and oxygen atoms in total. The molecule has 0 unspecified atom stereocenters. The van der Waals surface area contributed by atoms with Crippen LogP contribution < -0.4 is 21.9 Å². The molecule has 0 radical (unpaired) electrons. The number of aliphatic imine (C=N–C) groups is 1. The Morgan fingerprint density at radius 2 is 1.75 bits per heavy atom. The second-order valence-electron chi connectivity index (χ2n) is 13.4. The number of nitrogens with two attached hydrogens (primary N) is 1. The summed E-state index contributed by atoms with van der Waals surface area (Å²) in [6.45, 7) is 11.9. The quantitative estimate of drug-likeness (QED) is 0.0432. The van der Waals surface area contributed by atoms with Crippen molar-refractivity contribution in [2.24, 2.45) is 21.1 Å². The lowest BCUT2D eigenvalue weighted by Gasteiger charge is -2.43. The molecular weight excluding hydrogens is 731 g/mol. The molecule has 1 saturated heterocycles. The van der Waals surface area contributed by atoms with E-state index in [4.69, 9.17) is 20.2 Å². The number of carbonyl (C=O) groups excluding carboxylic acids is 4. The zero-order valence-corrected chi connectivity index (χ0v) is 30.9. The van der Waals surface area contributed by atoms with Crippen LogP contribution in [0.15, 0.2) is 37.7 Å². The van der Waals surface area contributed by atoms with E-state index in [2.05, 4.69) is 35.9 Å². The van der Waals surface area contributed by atoms with Crippen LogP contribution in [0, 0.1) is 0 Å². The first-order valence-corrected chi connectivity index (χ1v) is 17.4. The average molecular weight is 770 g/mol. The number of carbonyl (C=O) groups is 4. The van der Waals surface area contributed by atoms with Gasteiger partial charge < -0.3 is 35.6 Å². The van der Waals surface area contributed by atoms with Crippen molar-refractivity contribution in [3.8, 4) is 5.75 Å². The summed E-state index contributed by atoms with van der Waals surface area (Å²) in [7, 11) is -5.14. The number of H-pyrrole nitrogens is 1. The van der Waals surface area contributed by atoms with Gasteiger partial charge in [-0.1, -0.05) is 5.16 Å². The molecule has 1 aliphatic heterocycles. The number of amides is 3. The van der Waals surface area contributed by atoms with Gasteiger partial charge in [-0.15, -0.1) is 11.3 Å². The zero-order valence-electron chi connectivity index (χ0n) is 29.3. The van der Waals surface area contributed by atoms with Crippen molar-refractivity contribution in [2.45, 2.75) is 84.3 Å². The first kappa shape index (κ1) is 41.0. The molecule has 0 bridgehead atoms. The predicted molar refractivity (Wildman–Crippen MR) is 186 cm³/mol. The van der Waals surface area contributed by atoms with Crippen LogP contribution in [-0.2, 0) is 39.0 Å². The van der Waals surface area contributed by atoms with E-state index in [0.717, 1.165) is 29.8 Å². The Morgan fingerprint density at radius 1 is 1.12 bits per heavy atom. The van der Waals surface area contributed by atoms with Crippen molar-refractivity contribution < 1.29 is 51.6 Å². The van der Waals surface area contributed by atoms with Crippen LogP contribution in [0.3, 0.4) is 0 Å². The fourth-order valence-electron chi connectivity index (χ4n) is 4.02. The molecule has 2 aromatic heterocycles. The smallest absolute Gasteiger partial charge is 0.413 e. The van der Waals surface area contributed by atoms with E-state index in [9.17, 15) is 42.0 Å². The number of hydrogen-bond acceptors (Lipinski definition) is 17. The first-order valence-electron chi connectivity index (χ1n) is 15.1. The number of aromatic hydroxyl groups is 1. The molecule has 0 aromatic carbocycles. The maximum atomic E-state index is 13.7. The normalized spacial score (nSPS) is 17.4. The summed E-state index contributed by atoms with van der Waals surface area (Å²) >= 11 is 0.861. The molecule has 0 spiro atoms. The Kier molecular flexibility index (Phi) is 12.2. The maximum Gasteiger partial charge on any atom is 0.413 e. The van der Waals surface area contributed by atoms with Crippen molar-refractivity contribution in [3.63, 3.8) is 0 Å². The summed E-state index contributed by atoms with van der Waals surface area (Å²) in [6.07, 6.45) is 1.13. The third-order valence-corrected chi connectivity index (χ3v) is 8.05. The van der Waals surface area contributed by atoms with Gasteiger partial charge in [0.1, 0.15) is 28.6 Å². The SMILES string of the molecule is CC(C)(C)OC(=O)Nc1nc(/C(=N/OC(C)(C)C(=O)OC(C)(C)C)C(=O)N[C@@H]2C(=O)N(S(=O)(=O)O)[C@@H]2CN=CC(=NN)c2cc(=O)c(O)c[nH]2)cs1. The monoisotopic (exact) mass is 769 g/mol. The molecule has 23 heteroatoms. The Hall–Kier alpha value is -5.42. The minimum absolute atomic E-state index is 0.0224. The topological polar surface area (TPSA) is 307 Å². The molecule has 3 amide bonds.